The molecule has 0 aliphatic rings. The molecule has 3 aromatic carbocycles. The second-order valence-electron chi connectivity index (χ2n) is 7.55. The highest BCUT2D eigenvalue weighted by Crippen LogP contribution is 2.35. The van der Waals surface area contributed by atoms with Crippen molar-refractivity contribution < 1.29 is 18.3 Å². The van der Waals surface area contributed by atoms with Gasteiger partial charge >= 0.3 is 0 Å². The van der Waals surface area contributed by atoms with E-state index in [-0.39, 0.29) is 10.8 Å². The van der Waals surface area contributed by atoms with Gasteiger partial charge in [-0.2, -0.15) is 0 Å². The average molecular weight is 426 g/mol. The molecule has 5 nitrogen and oxygen atoms in total. The number of benzene rings is 3. The number of hydrogen-bond donors (Lipinski definition) is 2. The molecule has 3 N–H and O–H groups in total. The van der Waals surface area contributed by atoms with Crippen molar-refractivity contribution in [3.8, 4) is 5.75 Å². The Morgan fingerprint density at radius 3 is 1.90 bits per heavy atom. The van der Waals surface area contributed by atoms with Gasteiger partial charge < -0.3 is 9.84 Å². The zero-order chi connectivity index (χ0) is 21.8. The number of nitrogens with two attached hydrogens (primary N) is 1. The summed E-state index contributed by atoms with van der Waals surface area (Å²) in [4.78, 5) is 0.258. The molecule has 6 heteroatoms. The van der Waals surface area contributed by atoms with Crippen LogP contribution in [0.2, 0.25) is 0 Å². The number of rotatable bonds is 8. The molecule has 3 atom stereocenters. The summed E-state index contributed by atoms with van der Waals surface area (Å²) in [5, 5.41) is 10.5. The quantitative estimate of drug-likeness (QED) is 0.537. The molecule has 0 saturated heterocycles. The fourth-order valence-electron chi connectivity index (χ4n) is 3.39. The molecular formula is C24H27NO4S. The summed E-state index contributed by atoms with van der Waals surface area (Å²) >= 11 is 0. The maximum atomic E-state index is 11.8. The molecule has 0 fully saturated rings. The Balaban J connectivity index is 1.99. The molecule has 3 aromatic rings. The van der Waals surface area contributed by atoms with E-state index < -0.39 is 21.7 Å². The number of sulfone groups is 1. The van der Waals surface area contributed by atoms with E-state index in [2.05, 4.69) is 0 Å². The first-order valence-electron chi connectivity index (χ1n) is 9.75. The summed E-state index contributed by atoms with van der Waals surface area (Å²) in [6, 6.07) is 25.7. The van der Waals surface area contributed by atoms with Gasteiger partial charge in [0, 0.05) is 18.6 Å². The van der Waals surface area contributed by atoms with E-state index >= 15 is 0 Å². The Labute approximate surface area is 178 Å². The van der Waals surface area contributed by atoms with E-state index in [0.717, 1.165) is 11.1 Å². The molecule has 0 spiro atoms. The van der Waals surface area contributed by atoms with Crippen LogP contribution in [0, 0.1) is 0 Å². The van der Waals surface area contributed by atoms with Crippen LogP contribution in [0.25, 0.3) is 0 Å². The summed E-state index contributed by atoms with van der Waals surface area (Å²) in [5.41, 5.74) is 7.12. The number of aliphatic hydroxyl groups excluding tert-OH is 1. The van der Waals surface area contributed by atoms with E-state index in [1.165, 1.54) is 6.26 Å². The Bertz CT molecular complexity index is 1050. The summed E-state index contributed by atoms with van der Waals surface area (Å²) in [6.45, 7) is 1.61. The maximum Gasteiger partial charge on any atom is 0.185 e. The second-order valence-corrected chi connectivity index (χ2v) is 9.57. The van der Waals surface area contributed by atoms with Crippen LogP contribution in [-0.4, -0.2) is 31.6 Å². The van der Waals surface area contributed by atoms with Gasteiger partial charge in [0.2, 0.25) is 0 Å². The molecule has 0 saturated carbocycles. The molecule has 3 unspecified atom stereocenters. The van der Waals surface area contributed by atoms with Crippen molar-refractivity contribution in [3.63, 3.8) is 0 Å². The number of hydrogen-bond acceptors (Lipinski definition) is 5. The van der Waals surface area contributed by atoms with Gasteiger partial charge in [-0.25, -0.2) is 8.42 Å². The highest BCUT2D eigenvalue weighted by atomic mass is 32.2. The van der Waals surface area contributed by atoms with E-state index in [9.17, 15) is 13.5 Å². The first kappa shape index (κ1) is 22.0. The van der Waals surface area contributed by atoms with Crippen LogP contribution < -0.4 is 10.5 Å². The highest BCUT2D eigenvalue weighted by molar-refractivity contribution is 7.90. The summed E-state index contributed by atoms with van der Waals surface area (Å²) < 4.78 is 29.7. The average Bonchev–Trinajstić information content (AvgIpc) is 2.73. The van der Waals surface area contributed by atoms with Crippen LogP contribution in [0.15, 0.2) is 89.8 Å². The molecular weight excluding hydrogens is 398 g/mol. The molecule has 0 radical (unpaired) electrons. The van der Waals surface area contributed by atoms with Crippen LogP contribution in [0.4, 0.5) is 0 Å². The van der Waals surface area contributed by atoms with Gasteiger partial charge in [-0.15, -0.1) is 0 Å². The van der Waals surface area contributed by atoms with Crippen LogP contribution in [0.5, 0.6) is 5.75 Å². The van der Waals surface area contributed by atoms with Crippen molar-refractivity contribution in [1.29, 1.82) is 0 Å². The highest BCUT2D eigenvalue weighted by Gasteiger charge is 2.37. The Morgan fingerprint density at radius 1 is 0.900 bits per heavy atom. The zero-order valence-corrected chi connectivity index (χ0v) is 17.9. The minimum Gasteiger partial charge on any atom is -0.470 e. The smallest absolute Gasteiger partial charge is 0.185 e. The number of aliphatic hydroxyl groups is 1. The van der Waals surface area contributed by atoms with Gasteiger partial charge in [-0.3, -0.25) is 5.73 Å². The lowest BCUT2D eigenvalue weighted by Crippen LogP contribution is -2.55. The van der Waals surface area contributed by atoms with Crippen molar-refractivity contribution in [2.75, 3.05) is 6.26 Å². The van der Waals surface area contributed by atoms with Crippen molar-refractivity contribution in [3.05, 3.63) is 96.1 Å². The second kappa shape index (κ2) is 9.00. The summed E-state index contributed by atoms with van der Waals surface area (Å²) in [7, 11) is -3.29. The Morgan fingerprint density at radius 2 is 1.40 bits per heavy atom. The van der Waals surface area contributed by atoms with Gasteiger partial charge in [0.05, 0.1) is 4.90 Å². The summed E-state index contributed by atoms with van der Waals surface area (Å²) in [6.07, 6.45) is 0.532. The fourth-order valence-corrected chi connectivity index (χ4v) is 4.02. The predicted molar refractivity (Wildman–Crippen MR) is 118 cm³/mol. The molecule has 0 aromatic heterocycles. The van der Waals surface area contributed by atoms with Crippen LogP contribution in [-0.2, 0) is 9.84 Å². The van der Waals surface area contributed by atoms with Gasteiger partial charge in [0.1, 0.15) is 11.9 Å². The third-order valence-corrected chi connectivity index (χ3v) is 6.32. The molecule has 0 bridgehead atoms. The Hall–Kier alpha value is -2.67. The topological polar surface area (TPSA) is 89.6 Å². The lowest BCUT2D eigenvalue weighted by atomic mass is 9.83. The van der Waals surface area contributed by atoms with Crippen molar-refractivity contribution in [1.82, 2.24) is 0 Å². The van der Waals surface area contributed by atoms with E-state index in [0.29, 0.717) is 12.2 Å². The predicted octanol–water partition coefficient (Wildman–Crippen LogP) is 3.73. The van der Waals surface area contributed by atoms with Gasteiger partial charge in [0.25, 0.3) is 0 Å². The van der Waals surface area contributed by atoms with Crippen LogP contribution in [0.3, 0.4) is 0 Å². The third kappa shape index (κ3) is 5.27. The van der Waals surface area contributed by atoms with E-state index in [1.54, 1.807) is 43.3 Å². The maximum absolute atomic E-state index is 11.8. The van der Waals surface area contributed by atoms with Crippen molar-refractivity contribution >= 4 is 9.84 Å². The molecule has 30 heavy (non-hydrogen) atoms. The molecule has 0 aliphatic heterocycles. The summed E-state index contributed by atoms with van der Waals surface area (Å²) in [5.74, 6) is 0.364. The minimum absolute atomic E-state index is 0.205. The molecule has 0 aliphatic carbocycles. The van der Waals surface area contributed by atoms with Crippen molar-refractivity contribution in [2.45, 2.75) is 36.0 Å². The monoisotopic (exact) mass is 425 g/mol. The van der Waals surface area contributed by atoms with Crippen molar-refractivity contribution in [2.24, 2.45) is 5.73 Å². The first-order valence-corrected chi connectivity index (χ1v) is 11.6. The number of ether oxygens (including phenoxy) is 1. The molecule has 3 rings (SSSR count). The van der Waals surface area contributed by atoms with Crippen LogP contribution in [0.1, 0.15) is 30.4 Å². The van der Waals surface area contributed by atoms with Crippen LogP contribution >= 0.6 is 0 Å². The molecule has 0 heterocycles. The fraction of sp³-hybridized carbons (Fsp3) is 0.250. The van der Waals surface area contributed by atoms with E-state index in [4.69, 9.17) is 10.5 Å². The lowest BCUT2D eigenvalue weighted by molar-refractivity contribution is -0.0491. The lowest BCUT2D eigenvalue weighted by Gasteiger charge is -2.36. The Kier molecular flexibility index (Phi) is 6.61. The molecule has 158 valence electrons. The number of para-hydroxylation sites is 1. The largest absolute Gasteiger partial charge is 0.470 e. The zero-order valence-electron chi connectivity index (χ0n) is 17.1. The SMILES string of the molecule is CC(O)C(N)(CC(c1ccccc1)c1ccc(S(C)(=O)=O)cc1)Oc1ccccc1. The van der Waals surface area contributed by atoms with E-state index in [1.807, 2.05) is 48.5 Å². The van der Waals surface area contributed by atoms with Gasteiger partial charge in [0.15, 0.2) is 15.6 Å². The standard InChI is InChI=1S/C24H27NO4S/c1-18(26)24(25,29-21-11-7-4-8-12-21)17-23(19-9-5-3-6-10-19)20-13-15-22(16-14-20)30(2,27)28/h3-16,18,23,26H,17,25H2,1-2H3. The van der Waals surface area contributed by atoms with Gasteiger partial charge in [-0.05, 0) is 42.3 Å². The third-order valence-electron chi connectivity index (χ3n) is 5.19. The first-order chi connectivity index (χ1) is 14.2. The minimum atomic E-state index is -3.29. The normalized spacial score (nSPS) is 15.7. The van der Waals surface area contributed by atoms with Gasteiger partial charge in [-0.1, -0.05) is 60.7 Å². The molecule has 0 amide bonds.